The number of fused-ring (bicyclic) bond motifs is 2. The maximum atomic E-state index is 13.0. The van der Waals surface area contributed by atoms with Gasteiger partial charge in [-0.25, -0.2) is 0 Å². The van der Waals surface area contributed by atoms with Crippen LogP contribution in [0.15, 0.2) is 12.1 Å². The zero-order chi connectivity index (χ0) is 18.5. The first-order valence-electron chi connectivity index (χ1n) is 7.35. The lowest BCUT2D eigenvalue weighted by Crippen LogP contribution is -2.22. The van der Waals surface area contributed by atoms with E-state index in [9.17, 15) is 19.8 Å². The Morgan fingerprint density at radius 3 is 1.92 bits per heavy atom. The van der Waals surface area contributed by atoms with Gasteiger partial charge in [0.15, 0.2) is 28.8 Å². The number of carbonyl (C=O) groups is 2. The van der Waals surface area contributed by atoms with E-state index in [1.807, 2.05) is 0 Å². The van der Waals surface area contributed by atoms with E-state index >= 15 is 0 Å². The van der Waals surface area contributed by atoms with Crippen molar-refractivity contribution in [3.05, 3.63) is 39.9 Å². The van der Waals surface area contributed by atoms with Gasteiger partial charge in [-0.1, -0.05) is 0 Å². The molecule has 0 saturated heterocycles. The zero-order valence-corrected chi connectivity index (χ0v) is 14.1. The van der Waals surface area contributed by atoms with Gasteiger partial charge in [-0.3, -0.25) is 9.59 Å². The standard InChI is InChI=1S/C18H16O7/c1-7-5-8-11(16(22)13(7)19)15(21)12-9(14(8)20)6-10(23-2)17(24-3)18(12)25-4/h5-6,19,22H,1-4H3. The van der Waals surface area contributed by atoms with Crippen molar-refractivity contribution in [2.24, 2.45) is 0 Å². The molecule has 1 aliphatic rings. The number of ketones is 2. The molecule has 0 amide bonds. The lowest BCUT2D eigenvalue weighted by atomic mass is 9.81. The third kappa shape index (κ3) is 2.12. The van der Waals surface area contributed by atoms with E-state index in [0.717, 1.165) is 0 Å². The number of benzene rings is 2. The fourth-order valence-corrected chi connectivity index (χ4v) is 3.03. The lowest BCUT2D eigenvalue weighted by Gasteiger charge is -2.23. The molecular formula is C18H16O7. The van der Waals surface area contributed by atoms with E-state index in [4.69, 9.17) is 14.2 Å². The lowest BCUT2D eigenvalue weighted by molar-refractivity contribution is 0.0972. The Balaban J connectivity index is 2.42. The summed E-state index contributed by atoms with van der Waals surface area (Å²) in [4.78, 5) is 25.9. The van der Waals surface area contributed by atoms with Gasteiger partial charge in [0.25, 0.3) is 0 Å². The Kier molecular flexibility index (Phi) is 3.79. The van der Waals surface area contributed by atoms with Crippen LogP contribution in [0.1, 0.15) is 37.4 Å². The molecule has 2 aromatic carbocycles. The number of rotatable bonds is 3. The van der Waals surface area contributed by atoms with E-state index < -0.39 is 23.1 Å². The van der Waals surface area contributed by atoms with Crippen LogP contribution in [0.25, 0.3) is 0 Å². The number of phenols is 2. The van der Waals surface area contributed by atoms with Crippen LogP contribution < -0.4 is 14.2 Å². The zero-order valence-electron chi connectivity index (χ0n) is 14.1. The topological polar surface area (TPSA) is 102 Å². The van der Waals surface area contributed by atoms with Crippen molar-refractivity contribution in [1.29, 1.82) is 0 Å². The molecule has 130 valence electrons. The summed E-state index contributed by atoms with van der Waals surface area (Å²) in [6.07, 6.45) is 0. The van der Waals surface area contributed by atoms with Crippen molar-refractivity contribution in [3.8, 4) is 28.7 Å². The minimum atomic E-state index is -0.643. The highest BCUT2D eigenvalue weighted by molar-refractivity contribution is 6.31. The van der Waals surface area contributed by atoms with Crippen molar-refractivity contribution in [1.82, 2.24) is 0 Å². The largest absolute Gasteiger partial charge is 0.504 e. The fourth-order valence-electron chi connectivity index (χ4n) is 3.03. The van der Waals surface area contributed by atoms with Crippen LogP contribution in [0.3, 0.4) is 0 Å². The normalized spacial score (nSPS) is 12.5. The molecule has 1 aliphatic carbocycles. The number of methoxy groups -OCH3 is 3. The summed E-state index contributed by atoms with van der Waals surface area (Å²) in [6.45, 7) is 1.53. The van der Waals surface area contributed by atoms with Crippen molar-refractivity contribution < 1.29 is 34.0 Å². The minimum absolute atomic E-state index is 0.0135. The van der Waals surface area contributed by atoms with Gasteiger partial charge in [0, 0.05) is 11.1 Å². The van der Waals surface area contributed by atoms with Gasteiger partial charge in [-0.2, -0.15) is 0 Å². The fraction of sp³-hybridized carbons (Fsp3) is 0.222. The Morgan fingerprint density at radius 2 is 1.36 bits per heavy atom. The number of hydrogen-bond donors (Lipinski definition) is 2. The summed E-state index contributed by atoms with van der Waals surface area (Å²) in [6, 6.07) is 2.77. The maximum absolute atomic E-state index is 13.0. The predicted molar refractivity (Wildman–Crippen MR) is 87.5 cm³/mol. The summed E-state index contributed by atoms with van der Waals surface area (Å²) >= 11 is 0. The number of carbonyl (C=O) groups excluding carboxylic acids is 2. The number of phenolic OH excluding ortho intramolecular Hbond substituents is 2. The molecule has 0 aromatic heterocycles. The highest BCUT2D eigenvalue weighted by Crippen LogP contribution is 2.48. The van der Waals surface area contributed by atoms with Gasteiger partial charge in [-0.05, 0) is 24.6 Å². The van der Waals surface area contributed by atoms with Crippen LogP contribution in [0.5, 0.6) is 28.7 Å². The van der Waals surface area contributed by atoms with E-state index in [0.29, 0.717) is 0 Å². The Bertz CT molecular complexity index is 928. The third-order valence-electron chi connectivity index (χ3n) is 4.24. The van der Waals surface area contributed by atoms with Gasteiger partial charge in [0.1, 0.15) is 0 Å². The summed E-state index contributed by atoms with van der Waals surface area (Å²) in [5, 5.41) is 20.1. The maximum Gasteiger partial charge on any atom is 0.204 e. The molecule has 2 N–H and O–H groups in total. The minimum Gasteiger partial charge on any atom is -0.504 e. The summed E-state index contributed by atoms with van der Waals surface area (Å²) in [5.41, 5.74) is 0.0756. The Hall–Kier alpha value is -3.22. The van der Waals surface area contributed by atoms with Crippen LogP contribution in [0.2, 0.25) is 0 Å². The molecule has 0 radical (unpaired) electrons. The van der Waals surface area contributed by atoms with Crippen molar-refractivity contribution in [3.63, 3.8) is 0 Å². The summed E-state index contributed by atoms with van der Waals surface area (Å²) in [5.74, 6) is -1.78. The molecule has 0 atom stereocenters. The second-order valence-electron chi connectivity index (χ2n) is 5.54. The van der Waals surface area contributed by atoms with Crippen molar-refractivity contribution in [2.75, 3.05) is 21.3 Å². The Morgan fingerprint density at radius 1 is 0.760 bits per heavy atom. The summed E-state index contributed by atoms with van der Waals surface area (Å²) < 4.78 is 15.8. The molecule has 2 aromatic rings. The molecule has 3 rings (SSSR count). The molecule has 0 spiro atoms. The number of hydrogen-bond acceptors (Lipinski definition) is 7. The van der Waals surface area contributed by atoms with Gasteiger partial charge < -0.3 is 24.4 Å². The van der Waals surface area contributed by atoms with Gasteiger partial charge in [-0.15, -0.1) is 0 Å². The van der Waals surface area contributed by atoms with Crippen molar-refractivity contribution >= 4 is 11.6 Å². The molecule has 0 bridgehead atoms. The number of aryl methyl sites for hydroxylation is 1. The molecule has 0 saturated carbocycles. The smallest absolute Gasteiger partial charge is 0.204 e. The average Bonchev–Trinajstić information content (AvgIpc) is 2.61. The summed E-state index contributed by atoms with van der Waals surface area (Å²) in [7, 11) is 4.11. The molecule has 0 aliphatic heterocycles. The molecular weight excluding hydrogens is 328 g/mol. The quantitative estimate of drug-likeness (QED) is 0.702. The Labute approximate surface area is 143 Å². The highest BCUT2D eigenvalue weighted by Gasteiger charge is 2.38. The van der Waals surface area contributed by atoms with E-state index in [-0.39, 0.29) is 45.1 Å². The second-order valence-corrected chi connectivity index (χ2v) is 5.54. The SMILES string of the molecule is COc1cc2c(c(OC)c1OC)C(=O)c1c(cc(C)c(O)c1O)C2=O. The first-order valence-corrected chi connectivity index (χ1v) is 7.35. The van der Waals surface area contributed by atoms with Crippen LogP contribution >= 0.6 is 0 Å². The number of aromatic hydroxyl groups is 2. The predicted octanol–water partition coefficient (Wildman–Crippen LogP) is 2.21. The van der Waals surface area contributed by atoms with Gasteiger partial charge >= 0.3 is 0 Å². The van der Waals surface area contributed by atoms with Gasteiger partial charge in [0.05, 0.1) is 32.5 Å². The average molecular weight is 344 g/mol. The van der Waals surface area contributed by atoms with E-state index in [1.165, 1.54) is 40.4 Å². The molecule has 0 unspecified atom stereocenters. The highest BCUT2D eigenvalue weighted by atomic mass is 16.5. The second kappa shape index (κ2) is 5.70. The van der Waals surface area contributed by atoms with Crippen LogP contribution in [-0.4, -0.2) is 43.1 Å². The van der Waals surface area contributed by atoms with Crippen molar-refractivity contribution in [2.45, 2.75) is 6.92 Å². The number of ether oxygens (including phenoxy) is 3. The first kappa shape index (κ1) is 16.6. The molecule has 7 nitrogen and oxygen atoms in total. The molecule has 7 heteroatoms. The third-order valence-corrected chi connectivity index (χ3v) is 4.24. The van der Waals surface area contributed by atoms with E-state index in [1.54, 1.807) is 0 Å². The van der Waals surface area contributed by atoms with E-state index in [2.05, 4.69) is 0 Å². The monoisotopic (exact) mass is 344 g/mol. The van der Waals surface area contributed by atoms with Gasteiger partial charge in [0.2, 0.25) is 11.5 Å². The van der Waals surface area contributed by atoms with Crippen LogP contribution in [-0.2, 0) is 0 Å². The van der Waals surface area contributed by atoms with Crippen LogP contribution in [0, 0.1) is 6.92 Å². The van der Waals surface area contributed by atoms with Crippen LogP contribution in [0.4, 0.5) is 0 Å². The first-order chi connectivity index (χ1) is 11.9. The molecule has 0 fully saturated rings. The molecule has 25 heavy (non-hydrogen) atoms. The molecule has 0 heterocycles.